The van der Waals surface area contributed by atoms with Crippen LogP contribution in [0.3, 0.4) is 0 Å². The molecular weight excluding hydrogens is 427 g/mol. The smallest absolute Gasteiger partial charge is 0.294 e. The topological polar surface area (TPSA) is 94.2 Å². The highest BCUT2D eigenvalue weighted by atomic mass is 32.2. The summed E-state index contributed by atoms with van der Waals surface area (Å²) in [5.74, 6) is -0.354. The number of hydrogen-bond donors (Lipinski definition) is 1. The zero-order valence-corrected chi connectivity index (χ0v) is 17.7. The predicted molar refractivity (Wildman–Crippen MR) is 114 cm³/mol. The summed E-state index contributed by atoms with van der Waals surface area (Å²) in [7, 11) is 4.42. The van der Waals surface area contributed by atoms with Crippen molar-refractivity contribution in [1.82, 2.24) is 4.90 Å². The van der Waals surface area contributed by atoms with Crippen molar-refractivity contribution in [3.63, 3.8) is 0 Å². The van der Waals surface area contributed by atoms with Gasteiger partial charge in [-0.1, -0.05) is 0 Å². The maximum absolute atomic E-state index is 13.0. The molecule has 10 heteroatoms. The first kappa shape index (κ1) is 22.2. The van der Waals surface area contributed by atoms with Crippen LogP contribution in [-0.4, -0.2) is 49.8 Å². The zero-order valence-electron chi connectivity index (χ0n) is 16.9. The van der Waals surface area contributed by atoms with Crippen LogP contribution in [-0.2, 0) is 9.59 Å². The van der Waals surface area contributed by atoms with Gasteiger partial charge in [-0.15, -0.1) is 0 Å². The molecule has 162 valence electrons. The number of thioether (sulfide) groups is 1. The molecule has 0 aliphatic carbocycles. The second-order valence-corrected chi connectivity index (χ2v) is 7.27. The summed E-state index contributed by atoms with van der Waals surface area (Å²) in [5.41, 5.74) is 0.852. The van der Waals surface area contributed by atoms with Crippen LogP contribution >= 0.6 is 11.8 Å². The molecule has 2 aromatic rings. The number of nitrogens with one attached hydrogen (secondary N) is 1. The maximum atomic E-state index is 13.0. The van der Waals surface area contributed by atoms with Gasteiger partial charge in [0.2, 0.25) is 5.91 Å². The molecule has 0 saturated carbocycles. The van der Waals surface area contributed by atoms with Gasteiger partial charge in [0.25, 0.3) is 11.1 Å². The van der Waals surface area contributed by atoms with Crippen LogP contribution in [0.1, 0.15) is 5.56 Å². The Kier molecular flexibility index (Phi) is 6.81. The number of carbonyl (C=O) groups excluding carboxylic acids is 3. The molecule has 2 aromatic carbocycles. The summed E-state index contributed by atoms with van der Waals surface area (Å²) in [6.07, 6.45) is 1.49. The number of imide groups is 1. The zero-order chi connectivity index (χ0) is 22.5. The molecule has 0 radical (unpaired) electrons. The predicted octanol–water partition coefficient (Wildman–Crippen LogP) is 3.53. The molecule has 1 fully saturated rings. The fraction of sp³-hybridized carbons (Fsp3) is 0.190. The molecule has 1 aliphatic heterocycles. The fourth-order valence-electron chi connectivity index (χ4n) is 2.82. The SMILES string of the molecule is COc1cc(OC)c(OC)cc1/C=C1/SC(=O)N(CC(=O)Nc2ccc(F)cc2)C1=O. The molecule has 8 nitrogen and oxygen atoms in total. The summed E-state index contributed by atoms with van der Waals surface area (Å²) in [6.45, 7) is -0.470. The van der Waals surface area contributed by atoms with Gasteiger partial charge in [-0.3, -0.25) is 19.3 Å². The first-order valence-corrected chi connectivity index (χ1v) is 9.78. The molecule has 31 heavy (non-hydrogen) atoms. The van der Waals surface area contributed by atoms with E-state index in [-0.39, 0.29) is 4.91 Å². The Bertz CT molecular complexity index is 1050. The van der Waals surface area contributed by atoms with E-state index >= 15 is 0 Å². The highest BCUT2D eigenvalue weighted by molar-refractivity contribution is 8.18. The maximum Gasteiger partial charge on any atom is 0.294 e. The third-order valence-electron chi connectivity index (χ3n) is 4.33. The van der Waals surface area contributed by atoms with E-state index < -0.39 is 29.4 Å². The van der Waals surface area contributed by atoms with Gasteiger partial charge in [0.1, 0.15) is 18.1 Å². The molecule has 0 bridgehead atoms. The Morgan fingerprint density at radius 3 is 2.26 bits per heavy atom. The molecule has 1 heterocycles. The monoisotopic (exact) mass is 446 g/mol. The standard InChI is InChI=1S/C21H19FN2O6S/c1-28-15-10-17(30-3)16(29-2)8-12(15)9-18-20(26)24(21(27)31-18)11-19(25)23-14-6-4-13(22)5-7-14/h4-10H,11H2,1-3H3,(H,23,25)/b18-9+. The van der Waals surface area contributed by atoms with Crippen LogP contribution in [0.2, 0.25) is 0 Å². The van der Waals surface area contributed by atoms with Crippen LogP contribution in [0.25, 0.3) is 6.08 Å². The molecule has 1 aliphatic rings. The van der Waals surface area contributed by atoms with Gasteiger partial charge in [0.15, 0.2) is 11.5 Å². The van der Waals surface area contributed by atoms with Crippen molar-refractivity contribution >= 4 is 40.6 Å². The average Bonchev–Trinajstić information content (AvgIpc) is 3.02. The molecule has 3 amide bonds. The van der Waals surface area contributed by atoms with Crippen LogP contribution in [0.15, 0.2) is 41.3 Å². The molecule has 1 N–H and O–H groups in total. The van der Waals surface area contributed by atoms with Crippen LogP contribution in [0.4, 0.5) is 14.9 Å². The van der Waals surface area contributed by atoms with Gasteiger partial charge in [0.05, 0.1) is 26.2 Å². The Hall–Kier alpha value is -3.53. The minimum atomic E-state index is -0.610. The normalized spacial score (nSPS) is 14.7. The van der Waals surface area contributed by atoms with Crippen LogP contribution in [0.5, 0.6) is 17.2 Å². The number of carbonyl (C=O) groups is 3. The Balaban J connectivity index is 1.78. The van der Waals surface area contributed by atoms with E-state index in [2.05, 4.69) is 5.32 Å². The summed E-state index contributed by atoms with van der Waals surface area (Å²) >= 11 is 0.711. The van der Waals surface area contributed by atoms with Gasteiger partial charge in [-0.2, -0.15) is 0 Å². The van der Waals surface area contributed by atoms with Crippen molar-refractivity contribution in [3.8, 4) is 17.2 Å². The van der Waals surface area contributed by atoms with E-state index in [0.717, 1.165) is 4.90 Å². The van der Waals surface area contributed by atoms with E-state index in [4.69, 9.17) is 14.2 Å². The highest BCUT2D eigenvalue weighted by Crippen LogP contribution is 2.38. The number of anilines is 1. The van der Waals surface area contributed by atoms with Crippen molar-refractivity contribution in [3.05, 3.63) is 52.7 Å². The number of benzene rings is 2. The molecule has 0 aromatic heterocycles. The number of halogens is 1. The number of hydrogen-bond acceptors (Lipinski definition) is 7. The first-order valence-electron chi connectivity index (χ1n) is 8.97. The second-order valence-electron chi connectivity index (χ2n) is 6.27. The van der Waals surface area contributed by atoms with Gasteiger partial charge in [-0.25, -0.2) is 4.39 Å². The minimum Gasteiger partial charge on any atom is -0.496 e. The van der Waals surface area contributed by atoms with E-state index in [1.54, 1.807) is 12.1 Å². The summed E-state index contributed by atoms with van der Waals surface area (Å²) in [4.78, 5) is 38.2. The number of amides is 3. The summed E-state index contributed by atoms with van der Waals surface area (Å²) in [5, 5.41) is 1.94. The van der Waals surface area contributed by atoms with Crippen molar-refractivity contribution < 1.29 is 33.0 Å². The lowest BCUT2D eigenvalue weighted by atomic mass is 10.1. The largest absolute Gasteiger partial charge is 0.496 e. The second kappa shape index (κ2) is 9.52. The van der Waals surface area contributed by atoms with Crippen molar-refractivity contribution in [2.75, 3.05) is 33.2 Å². The Morgan fingerprint density at radius 2 is 1.65 bits per heavy atom. The third kappa shape index (κ3) is 4.97. The number of ether oxygens (including phenoxy) is 3. The highest BCUT2D eigenvalue weighted by Gasteiger charge is 2.36. The first-order chi connectivity index (χ1) is 14.9. The lowest BCUT2D eigenvalue weighted by Crippen LogP contribution is -2.36. The van der Waals surface area contributed by atoms with Crippen molar-refractivity contribution in [1.29, 1.82) is 0 Å². The van der Waals surface area contributed by atoms with E-state index in [9.17, 15) is 18.8 Å². The quantitative estimate of drug-likeness (QED) is 0.651. The molecule has 3 rings (SSSR count). The van der Waals surface area contributed by atoms with E-state index in [0.29, 0.717) is 40.3 Å². The molecule has 0 spiro atoms. The van der Waals surface area contributed by atoms with E-state index in [1.807, 2.05) is 0 Å². The Morgan fingerprint density at radius 1 is 1.03 bits per heavy atom. The Labute approximate surface area is 182 Å². The molecule has 0 unspecified atom stereocenters. The molecule has 0 atom stereocenters. The van der Waals surface area contributed by atoms with Gasteiger partial charge in [0, 0.05) is 17.3 Å². The van der Waals surface area contributed by atoms with Crippen molar-refractivity contribution in [2.24, 2.45) is 0 Å². The van der Waals surface area contributed by atoms with E-state index in [1.165, 1.54) is 51.7 Å². The van der Waals surface area contributed by atoms with Crippen LogP contribution in [0, 0.1) is 5.82 Å². The minimum absolute atomic E-state index is 0.130. The van der Waals surface area contributed by atoms with Gasteiger partial charge >= 0.3 is 0 Å². The van der Waals surface area contributed by atoms with Crippen molar-refractivity contribution in [2.45, 2.75) is 0 Å². The van der Waals surface area contributed by atoms with Gasteiger partial charge < -0.3 is 19.5 Å². The molecule has 1 saturated heterocycles. The number of methoxy groups -OCH3 is 3. The van der Waals surface area contributed by atoms with Gasteiger partial charge in [-0.05, 0) is 48.2 Å². The fourth-order valence-corrected chi connectivity index (χ4v) is 3.65. The number of nitrogens with zero attached hydrogens (tertiary/aromatic N) is 1. The summed E-state index contributed by atoms with van der Waals surface area (Å²) < 4.78 is 28.8. The molecular formula is C21H19FN2O6S. The summed E-state index contributed by atoms with van der Waals surface area (Å²) in [6, 6.07) is 8.36. The third-order valence-corrected chi connectivity index (χ3v) is 5.23. The van der Waals surface area contributed by atoms with Crippen LogP contribution < -0.4 is 19.5 Å². The average molecular weight is 446 g/mol. The lowest BCUT2D eigenvalue weighted by molar-refractivity contribution is -0.127. The lowest BCUT2D eigenvalue weighted by Gasteiger charge is -2.13. The number of rotatable bonds is 7.